The summed E-state index contributed by atoms with van der Waals surface area (Å²) < 4.78 is 0. The Bertz CT molecular complexity index is 905. The maximum Gasteiger partial charge on any atom is 0.307 e. The van der Waals surface area contributed by atoms with E-state index in [1.807, 2.05) is 24.3 Å². The second-order valence-corrected chi connectivity index (χ2v) is 6.42. The normalized spacial score (nSPS) is 11.1. The first kappa shape index (κ1) is 17.5. The molecule has 0 saturated carbocycles. The van der Waals surface area contributed by atoms with E-state index in [-0.39, 0.29) is 6.42 Å². The Balaban J connectivity index is 2.13. The van der Waals surface area contributed by atoms with Crippen LogP contribution in [0.2, 0.25) is 5.02 Å². The van der Waals surface area contributed by atoms with Gasteiger partial charge in [-0.3, -0.25) is 9.78 Å². The molecule has 0 fully saturated rings. The van der Waals surface area contributed by atoms with Crippen molar-refractivity contribution in [1.82, 2.24) is 9.97 Å². The zero-order valence-electron chi connectivity index (χ0n) is 13.8. The van der Waals surface area contributed by atoms with Crippen molar-refractivity contribution in [3.8, 4) is 11.4 Å². The van der Waals surface area contributed by atoms with Crippen LogP contribution in [0.4, 0.5) is 0 Å². The number of hydrogen-bond donors (Lipinski definition) is 3. The SMILES string of the molecule is NCCCCc1c(-c2ncccc2Cl)[nH]c2ccc(CC(=O)O)cc12. The van der Waals surface area contributed by atoms with Gasteiger partial charge in [0.05, 0.1) is 17.1 Å². The van der Waals surface area contributed by atoms with Gasteiger partial charge in [-0.1, -0.05) is 17.7 Å². The van der Waals surface area contributed by atoms with Crippen molar-refractivity contribution in [3.05, 3.63) is 52.7 Å². The monoisotopic (exact) mass is 357 g/mol. The molecule has 0 aliphatic carbocycles. The molecule has 0 amide bonds. The number of aromatic amines is 1. The molecule has 0 unspecified atom stereocenters. The van der Waals surface area contributed by atoms with Crippen LogP contribution in [0.1, 0.15) is 24.0 Å². The Morgan fingerprint density at radius 3 is 2.84 bits per heavy atom. The molecule has 4 N–H and O–H groups in total. The second kappa shape index (κ2) is 7.68. The van der Waals surface area contributed by atoms with E-state index in [2.05, 4.69) is 9.97 Å². The number of rotatable bonds is 7. The van der Waals surface area contributed by atoms with Crippen LogP contribution in [0.25, 0.3) is 22.3 Å². The molecule has 25 heavy (non-hydrogen) atoms. The number of halogens is 1. The van der Waals surface area contributed by atoms with Crippen LogP contribution in [0.5, 0.6) is 0 Å². The largest absolute Gasteiger partial charge is 0.481 e. The fraction of sp³-hybridized carbons (Fsp3) is 0.263. The molecule has 3 aromatic rings. The van der Waals surface area contributed by atoms with Crippen LogP contribution in [0, 0.1) is 0 Å². The molecule has 1 aromatic carbocycles. The Morgan fingerprint density at radius 2 is 2.12 bits per heavy atom. The van der Waals surface area contributed by atoms with Gasteiger partial charge in [-0.2, -0.15) is 0 Å². The van der Waals surface area contributed by atoms with Gasteiger partial charge < -0.3 is 15.8 Å². The quantitative estimate of drug-likeness (QED) is 0.561. The zero-order valence-corrected chi connectivity index (χ0v) is 14.5. The topological polar surface area (TPSA) is 92.0 Å². The average Bonchev–Trinajstić information content (AvgIpc) is 2.93. The smallest absolute Gasteiger partial charge is 0.307 e. The third-order valence-electron chi connectivity index (χ3n) is 4.20. The van der Waals surface area contributed by atoms with Gasteiger partial charge in [-0.25, -0.2) is 0 Å². The van der Waals surface area contributed by atoms with Crippen LogP contribution in [-0.2, 0) is 17.6 Å². The summed E-state index contributed by atoms with van der Waals surface area (Å²) in [6, 6.07) is 9.31. The first-order valence-electron chi connectivity index (χ1n) is 8.26. The minimum Gasteiger partial charge on any atom is -0.481 e. The number of aryl methyl sites for hydroxylation is 1. The van der Waals surface area contributed by atoms with Crippen molar-refractivity contribution >= 4 is 28.5 Å². The van der Waals surface area contributed by atoms with Crippen LogP contribution in [-0.4, -0.2) is 27.6 Å². The maximum atomic E-state index is 11.0. The molecule has 2 aromatic heterocycles. The molecule has 0 radical (unpaired) electrons. The summed E-state index contributed by atoms with van der Waals surface area (Å²) in [5.41, 5.74) is 10.1. The lowest BCUT2D eigenvalue weighted by molar-refractivity contribution is -0.136. The lowest BCUT2D eigenvalue weighted by Gasteiger charge is -2.06. The second-order valence-electron chi connectivity index (χ2n) is 6.01. The minimum absolute atomic E-state index is 0.00301. The third-order valence-corrected chi connectivity index (χ3v) is 4.51. The van der Waals surface area contributed by atoms with Gasteiger partial charge in [0, 0.05) is 17.1 Å². The number of H-pyrrole nitrogens is 1. The van der Waals surface area contributed by atoms with E-state index < -0.39 is 5.97 Å². The van der Waals surface area contributed by atoms with E-state index in [0.29, 0.717) is 17.3 Å². The Hall–Kier alpha value is -2.37. The molecule has 0 spiro atoms. The summed E-state index contributed by atoms with van der Waals surface area (Å²) in [5, 5.41) is 10.7. The van der Waals surface area contributed by atoms with Gasteiger partial charge in [0.2, 0.25) is 0 Å². The predicted octanol–water partition coefficient (Wildman–Crippen LogP) is 3.79. The summed E-state index contributed by atoms with van der Waals surface area (Å²) in [5.74, 6) is -0.840. The highest BCUT2D eigenvalue weighted by atomic mass is 35.5. The number of carboxylic acids is 1. The van der Waals surface area contributed by atoms with Crippen LogP contribution < -0.4 is 5.73 Å². The van der Waals surface area contributed by atoms with Crippen LogP contribution >= 0.6 is 11.6 Å². The van der Waals surface area contributed by atoms with Crippen molar-refractivity contribution < 1.29 is 9.90 Å². The summed E-state index contributed by atoms with van der Waals surface area (Å²) in [4.78, 5) is 18.8. The average molecular weight is 358 g/mol. The van der Waals surface area contributed by atoms with E-state index in [1.165, 1.54) is 0 Å². The number of aromatic nitrogens is 2. The number of carboxylic acid groups (broad SMARTS) is 1. The molecule has 130 valence electrons. The van der Waals surface area contributed by atoms with E-state index in [0.717, 1.165) is 47.0 Å². The van der Waals surface area contributed by atoms with Gasteiger partial charge in [0.15, 0.2) is 0 Å². The Kier molecular flexibility index (Phi) is 5.36. The summed E-state index contributed by atoms with van der Waals surface area (Å²) >= 11 is 6.34. The molecule has 3 rings (SSSR count). The molecule has 0 aliphatic rings. The van der Waals surface area contributed by atoms with Gasteiger partial charge in [0.25, 0.3) is 0 Å². The van der Waals surface area contributed by atoms with Crippen LogP contribution in [0.3, 0.4) is 0 Å². The fourth-order valence-electron chi connectivity index (χ4n) is 3.06. The highest BCUT2D eigenvalue weighted by molar-refractivity contribution is 6.33. The highest BCUT2D eigenvalue weighted by Crippen LogP contribution is 2.34. The lowest BCUT2D eigenvalue weighted by Crippen LogP contribution is -2.00. The fourth-order valence-corrected chi connectivity index (χ4v) is 3.27. The molecular formula is C19H20ClN3O2. The molecule has 0 saturated heterocycles. The Morgan fingerprint density at radius 1 is 1.28 bits per heavy atom. The van der Waals surface area contributed by atoms with Crippen LogP contribution in [0.15, 0.2) is 36.5 Å². The number of hydrogen-bond acceptors (Lipinski definition) is 3. The first-order chi connectivity index (χ1) is 12.1. The molecule has 5 nitrogen and oxygen atoms in total. The number of benzene rings is 1. The van der Waals surface area contributed by atoms with Crippen molar-refractivity contribution in [2.24, 2.45) is 5.73 Å². The molecule has 0 bridgehead atoms. The van der Waals surface area contributed by atoms with E-state index in [4.69, 9.17) is 22.4 Å². The van der Waals surface area contributed by atoms with Crippen molar-refractivity contribution in [1.29, 1.82) is 0 Å². The molecule has 2 heterocycles. The number of fused-ring (bicyclic) bond motifs is 1. The molecular weight excluding hydrogens is 338 g/mol. The van der Waals surface area contributed by atoms with E-state index in [9.17, 15) is 4.79 Å². The number of nitrogens with zero attached hydrogens (tertiary/aromatic N) is 1. The van der Waals surface area contributed by atoms with Gasteiger partial charge in [-0.15, -0.1) is 0 Å². The lowest BCUT2D eigenvalue weighted by atomic mass is 10.0. The van der Waals surface area contributed by atoms with Crippen molar-refractivity contribution in [3.63, 3.8) is 0 Å². The standard InChI is InChI=1S/C19H20ClN3O2/c20-15-5-3-9-22-19(15)18-13(4-1-2-8-21)14-10-12(11-17(24)25)6-7-16(14)23-18/h3,5-7,9-10,23H,1-2,4,8,11,21H2,(H,24,25). The van der Waals surface area contributed by atoms with Gasteiger partial charge >= 0.3 is 5.97 Å². The van der Waals surface area contributed by atoms with E-state index in [1.54, 1.807) is 12.3 Å². The number of nitrogens with two attached hydrogens (primary N) is 1. The van der Waals surface area contributed by atoms with Gasteiger partial charge in [-0.05, 0) is 61.2 Å². The van der Waals surface area contributed by atoms with Crippen molar-refractivity contribution in [2.45, 2.75) is 25.7 Å². The number of carbonyl (C=O) groups is 1. The van der Waals surface area contributed by atoms with E-state index >= 15 is 0 Å². The molecule has 0 aliphatic heterocycles. The minimum atomic E-state index is -0.840. The first-order valence-corrected chi connectivity index (χ1v) is 8.64. The number of pyridine rings is 1. The number of unbranched alkanes of at least 4 members (excludes halogenated alkanes) is 1. The summed E-state index contributed by atoms with van der Waals surface area (Å²) in [6.07, 6.45) is 4.42. The highest BCUT2D eigenvalue weighted by Gasteiger charge is 2.17. The number of aliphatic carboxylic acids is 1. The van der Waals surface area contributed by atoms with Crippen molar-refractivity contribution in [2.75, 3.05) is 6.54 Å². The number of nitrogens with one attached hydrogen (secondary N) is 1. The molecule has 0 atom stereocenters. The maximum absolute atomic E-state index is 11.0. The third kappa shape index (κ3) is 3.83. The summed E-state index contributed by atoms with van der Waals surface area (Å²) in [6.45, 7) is 0.645. The Labute approximate surface area is 150 Å². The van der Waals surface area contributed by atoms with Gasteiger partial charge in [0.1, 0.15) is 5.69 Å². The summed E-state index contributed by atoms with van der Waals surface area (Å²) in [7, 11) is 0. The predicted molar refractivity (Wildman–Crippen MR) is 99.9 cm³/mol. The molecule has 6 heteroatoms. The zero-order chi connectivity index (χ0) is 17.8.